The van der Waals surface area contributed by atoms with Crippen LogP contribution in [0.3, 0.4) is 0 Å². The van der Waals surface area contributed by atoms with E-state index in [0.29, 0.717) is 0 Å². The lowest BCUT2D eigenvalue weighted by Crippen LogP contribution is -2.36. The Morgan fingerprint density at radius 1 is 1.15 bits per heavy atom. The fourth-order valence-electron chi connectivity index (χ4n) is 2.88. The van der Waals surface area contributed by atoms with Gasteiger partial charge in [-0.25, -0.2) is 4.79 Å². The molecule has 1 fully saturated rings. The monoisotopic (exact) mass is 405 g/mol. The number of ketones is 1. The van der Waals surface area contributed by atoms with Gasteiger partial charge in [-0.1, -0.05) is 19.3 Å². The Bertz CT molecular complexity index is 579. The third kappa shape index (κ3) is 9.91. The molecule has 0 radical (unpaired) electrons. The zero-order chi connectivity index (χ0) is 20.7. The number of hydrogen-bond acceptors (Lipinski definition) is 6. The van der Waals surface area contributed by atoms with Gasteiger partial charge in [-0.05, 0) is 39.5 Å². The first-order valence-corrected chi connectivity index (χ1v) is 11.4. The number of nitrogens with one attached hydrogen (secondary N) is 1. The fraction of sp³-hybridized carbons (Fsp3) is 0.833. The summed E-state index contributed by atoms with van der Waals surface area (Å²) in [5, 5.41) is 2.22. The fourth-order valence-corrected chi connectivity index (χ4v) is 4.85. The first-order chi connectivity index (χ1) is 12.4. The van der Waals surface area contributed by atoms with E-state index in [9.17, 15) is 23.8 Å². The largest absolute Gasteiger partial charge is 0.425 e. The van der Waals surface area contributed by atoms with Gasteiger partial charge >= 0.3 is 12.1 Å². The number of carbonyl (C=O) groups excluding carboxylic acids is 3. The van der Waals surface area contributed by atoms with Gasteiger partial charge in [0.05, 0.1) is 18.1 Å². The topological polar surface area (TPSA) is 119 Å². The summed E-state index contributed by atoms with van der Waals surface area (Å²) in [6.07, 6.45) is 2.78. The Kier molecular flexibility index (Phi) is 8.95. The average Bonchev–Trinajstić information content (AvgIpc) is 2.51. The van der Waals surface area contributed by atoms with Crippen molar-refractivity contribution in [1.29, 1.82) is 0 Å². The SMILES string of the molecule is CC(OC(=O)NCC(=O)CP(=O)(O)CC1CCCCC1)OC(=O)C(C)(C)C. The normalized spacial score (nSPS) is 18.9. The number of alkyl carbamates (subject to hydrolysis) is 1. The van der Waals surface area contributed by atoms with E-state index in [1.54, 1.807) is 20.8 Å². The minimum Gasteiger partial charge on any atom is -0.425 e. The molecule has 2 atom stereocenters. The predicted molar refractivity (Wildman–Crippen MR) is 101 cm³/mol. The van der Waals surface area contributed by atoms with Crippen LogP contribution in [0.15, 0.2) is 0 Å². The maximum atomic E-state index is 12.3. The molecule has 1 rings (SSSR count). The van der Waals surface area contributed by atoms with Crippen LogP contribution in [0.4, 0.5) is 4.79 Å². The molecule has 2 N–H and O–H groups in total. The number of carbonyl (C=O) groups is 3. The van der Waals surface area contributed by atoms with Gasteiger partial charge in [0.25, 0.3) is 0 Å². The van der Waals surface area contributed by atoms with Crippen LogP contribution in [0.25, 0.3) is 0 Å². The molecule has 9 heteroatoms. The van der Waals surface area contributed by atoms with Crippen molar-refractivity contribution in [2.24, 2.45) is 11.3 Å². The second-order valence-corrected chi connectivity index (χ2v) is 10.6. The molecule has 0 heterocycles. The van der Waals surface area contributed by atoms with E-state index in [0.717, 1.165) is 32.1 Å². The summed E-state index contributed by atoms with van der Waals surface area (Å²) in [7, 11) is -3.55. The Hall–Kier alpha value is -1.40. The number of esters is 1. The van der Waals surface area contributed by atoms with Crippen molar-refractivity contribution in [2.75, 3.05) is 18.9 Å². The Labute approximate surface area is 160 Å². The van der Waals surface area contributed by atoms with Crippen molar-refractivity contribution in [3.05, 3.63) is 0 Å². The van der Waals surface area contributed by atoms with Crippen molar-refractivity contribution < 1.29 is 33.3 Å². The van der Waals surface area contributed by atoms with Gasteiger partial charge in [0.15, 0.2) is 5.78 Å². The number of Topliss-reactive ketones (excluding diaryl/α,β-unsaturated/α-hetero) is 1. The maximum absolute atomic E-state index is 12.3. The van der Waals surface area contributed by atoms with Crippen LogP contribution in [0.1, 0.15) is 59.8 Å². The van der Waals surface area contributed by atoms with Crippen molar-refractivity contribution in [1.82, 2.24) is 5.32 Å². The predicted octanol–water partition coefficient (Wildman–Crippen LogP) is 3.07. The Morgan fingerprint density at radius 3 is 2.30 bits per heavy atom. The summed E-state index contributed by atoms with van der Waals surface area (Å²) in [6, 6.07) is 0. The van der Waals surface area contributed by atoms with Gasteiger partial charge in [-0.2, -0.15) is 0 Å². The van der Waals surface area contributed by atoms with Gasteiger partial charge in [0.1, 0.15) is 0 Å². The first-order valence-electron chi connectivity index (χ1n) is 9.37. The molecule has 1 saturated carbocycles. The van der Waals surface area contributed by atoms with E-state index in [1.807, 2.05) is 0 Å². The summed E-state index contributed by atoms with van der Waals surface area (Å²) in [5.41, 5.74) is -0.731. The van der Waals surface area contributed by atoms with Crippen LogP contribution >= 0.6 is 7.37 Å². The summed E-state index contributed by atoms with van der Waals surface area (Å²) >= 11 is 0. The molecule has 0 aromatic heterocycles. The van der Waals surface area contributed by atoms with E-state index in [-0.39, 0.29) is 12.1 Å². The van der Waals surface area contributed by atoms with E-state index in [4.69, 9.17) is 9.47 Å². The average molecular weight is 405 g/mol. The molecule has 156 valence electrons. The minimum atomic E-state index is -3.55. The summed E-state index contributed by atoms with van der Waals surface area (Å²) in [4.78, 5) is 45.3. The smallest absolute Gasteiger partial charge is 0.410 e. The van der Waals surface area contributed by atoms with Gasteiger partial charge in [-0.3, -0.25) is 14.2 Å². The highest BCUT2D eigenvalue weighted by atomic mass is 31.2. The number of rotatable bonds is 8. The van der Waals surface area contributed by atoms with Crippen LogP contribution < -0.4 is 5.32 Å². The number of ether oxygens (including phenoxy) is 2. The van der Waals surface area contributed by atoms with Crippen LogP contribution in [-0.4, -0.2) is 47.9 Å². The molecule has 1 aliphatic rings. The molecule has 1 aliphatic carbocycles. The van der Waals surface area contributed by atoms with Crippen LogP contribution in [0.2, 0.25) is 0 Å². The third-order valence-corrected chi connectivity index (χ3v) is 6.21. The highest BCUT2D eigenvalue weighted by molar-refractivity contribution is 7.59. The third-order valence-electron chi connectivity index (χ3n) is 4.28. The highest BCUT2D eigenvalue weighted by Crippen LogP contribution is 2.45. The molecule has 0 aliphatic heterocycles. The van der Waals surface area contributed by atoms with Crippen molar-refractivity contribution in [3.8, 4) is 0 Å². The van der Waals surface area contributed by atoms with Crippen molar-refractivity contribution in [3.63, 3.8) is 0 Å². The van der Waals surface area contributed by atoms with Crippen LogP contribution in [0.5, 0.6) is 0 Å². The lowest BCUT2D eigenvalue weighted by atomic mass is 9.91. The molecule has 8 nitrogen and oxygen atoms in total. The second-order valence-electron chi connectivity index (χ2n) is 8.21. The van der Waals surface area contributed by atoms with E-state index in [1.165, 1.54) is 6.92 Å². The number of amides is 1. The first kappa shape index (κ1) is 23.6. The maximum Gasteiger partial charge on any atom is 0.410 e. The van der Waals surface area contributed by atoms with Crippen molar-refractivity contribution >= 4 is 25.2 Å². The van der Waals surface area contributed by atoms with E-state index in [2.05, 4.69) is 5.32 Å². The van der Waals surface area contributed by atoms with E-state index < -0.39 is 49.6 Å². The minimum absolute atomic E-state index is 0.156. The zero-order valence-electron chi connectivity index (χ0n) is 16.7. The van der Waals surface area contributed by atoms with E-state index >= 15 is 0 Å². The molecule has 0 bridgehead atoms. The van der Waals surface area contributed by atoms with Crippen LogP contribution in [-0.2, 0) is 23.6 Å². The van der Waals surface area contributed by atoms with Gasteiger partial charge in [0, 0.05) is 13.1 Å². The summed E-state index contributed by atoms with van der Waals surface area (Å²) in [5.74, 6) is -0.866. The molecule has 2 unspecified atom stereocenters. The lowest BCUT2D eigenvalue weighted by Gasteiger charge is -2.23. The van der Waals surface area contributed by atoms with Gasteiger partial charge in [-0.15, -0.1) is 0 Å². The Morgan fingerprint density at radius 2 is 1.74 bits per heavy atom. The molecule has 1 amide bonds. The second kappa shape index (κ2) is 10.2. The van der Waals surface area contributed by atoms with Gasteiger partial charge in [0.2, 0.25) is 13.7 Å². The molecule has 0 aromatic rings. The van der Waals surface area contributed by atoms with Crippen molar-refractivity contribution in [2.45, 2.75) is 66.1 Å². The molecule has 0 spiro atoms. The molecule has 0 saturated heterocycles. The number of hydrogen-bond donors (Lipinski definition) is 2. The zero-order valence-corrected chi connectivity index (χ0v) is 17.5. The summed E-state index contributed by atoms with van der Waals surface area (Å²) in [6.45, 7) is 5.98. The molecule has 0 aromatic carbocycles. The quantitative estimate of drug-likeness (QED) is 0.362. The standard InChI is InChI=1S/C18H32NO7P/c1-13(25-16(21)18(2,3)4)26-17(22)19-10-15(20)12-27(23,24)11-14-8-6-5-7-9-14/h13-14H,5-12H2,1-4H3,(H,19,22)(H,23,24). The van der Waals surface area contributed by atoms with Gasteiger partial charge < -0.3 is 19.7 Å². The van der Waals surface area contributed by atoms with Crippen LogP contribution in [0, 0.1) is 11.3 Å². The highest BCUT2D eigenvalue weighted by Gasteiger charge is 2.29. The Balaban J connectivity index is 2.32. The molecule has 27 heavy (non-hydrogen) atoms. The molecular weight excluding hydrogens is 373 g/mol. The lowest BCUT2D eigenvalue weighted by molar-refractivity contribution is -0.174. The molecular formula is C18H32NO7P. The summed E-state index contributed by atoms with van der Waals surface area (Å²) < 4.78 is 22.1.